The van der Waals surface area contributed by atoms with E-state index in [1.807, 2.05) is 29.8 Å². The van der Waals surface area contributed by atoms with Gasteiger partial charge in [-0.15, -0.1) is 0 Å². The fourth-order valence-electron chi connectivity index (χ4n) is 2.66. The molecule has 1 aromatic heterocycles. The molecule has 1 amide bonds. The maximum absolute atomic E-state index is 12.0. The summed E-state index contributed by atoms with van der Waals surface area (Å²) in [4.78, 5) is 16.2. The monoisotopic (exact) mass is 307 g/mol. The molecule has 23 heavy (non-hydrogen) atoms. The molecule has 2 aromatic carbocycles. The molecule has 5 nitrogen and oxygen atoms in total. The first-order chi connectivity index (χ1) is 11.0. The second-order valence-electron chi connectivity index (χ2n) is 5.34. The first-order valence-electron chi connectivity index (χ1n) is 7.22. The van der Waals surface area contributed by atoms with Gasteiger partial charge in [-0.3, -0.25) is 4.79 Å². The number of nitrogens with two attached hydrogens (primary N) is 1. The molecule has 0 saturated heterocycles. The lowest BCUT2D eigenvalue weighted by Crippen LogP contribution is -2.42. The largest absolute Gasteiger partial charge is 0.372 e. The van der Waals surface area contributed by atoms with Gasteiger partial charge in [0.2, 0.25) is 0 Å². The van der Waals surface area contributed by atoms with Crippen molar-refractivity contribution < 1.29 is 9.90 Å². The van der Waals surface area contributed by atoms with Gasteiger partial charge < -0.3 is 15.4 Å². The van der Waals surface area contributed by atoms with E-state index in [1.165, 1.54) is 0 Å². The molecule has 0 bridgehead atoms. The van der Waals surface area contributed by atoms with E-state index in [2.05, 4.69) is 4.98 Å². The van der Waals surface area contributed by atoms with E-state index in [-0.39, 0.29) is 0 Å². The van der Waals surface area contributed by atoms with E-state index < -0.39 is 11.5 Å². The molecule has 1 atom stereocenters. The molecule has 1 heterocycles. The minimum Gasteiger partial charge on any atom is -0.372 e. The molecule has 116 valence electrons. The van der Waals surface area contributed by atoms with Crippen LogP contribution in [0, 0.1) is 6.92 Å². The second kappa shape index (κ2) is 5.70. The van der Waals surface area contributed by atoms with E-state index in [0.29, 0.717) is 11.1 Å². The van der Waals surface area contributed by atoms with Crippen molar-refractivity contribution in [2.75, 3.05) is 0 Å². The van der Waals surface area contributed by atoms with Gasteiger partial charge in [-0.1, -0.05) is 42.5 Å². The van der Waals surface area contributed by atoms with E-state index in [0.717, 1.165) is 11.5 Å². The summed E-state index contributed by atoms with van der Waals surface area (Å²) in [6.45, 7) is 1.88. The van der Waals surface area contributed by atoms with Crippen molar-refractivity contribution in [1.82, 2.24) is 9.55 Å². The summed E-state index contributed by atoms with van der Waals surface area (Å²) in [6.07, 6.45) is 3.51. The fourth-order valence-corrected chi connectivity index (χ4v) is 2.66. The Balaban J connectivity index is 2.16. The molecule has 3 rings (SSSR count). The third-order valence-corrected chi connectivity index (χ3v) is 3.92. The number of benzene rings is 2. The van der Waals surface area contributed by atoms with Crippen LogP contribution in [0.3, 0.4) is 0 Å². The van der Waals surface area contributed by atoms with Gasteiger partial charge in [-0.05, 0) is 30.2 Å². The van der Waals surface area contributed by atoms with Crippen LogP contribution < -0.4 is 5.73 Å². The van der Waals surface area contributed by atoms with Gasteiger partial charge in [0.25, 0.3) is 5.91 Å². The average Bonchev–Trinajstić information content (AvgIpc) is 3.01. The normalized spacial score (nSPS) is 13.5. The molecule has 3 aromatic rings. The Kier molecular flexibility index (Phi) is 3.72. The number of aryl methyl sites for hydroxylation is 1. The number of hydrogen-bond acceptors (Lipinski definition) is 3. The molecule has 0 saturated carbocycles. The maximum atomic E-state index is 12.0. The third kappa shape index (κ3) is 2.51. The van der Waals surface area contributed by atoms with Crippen molar-refractivity contribution in [3.05, 3.63) is 83.9 Å². The molecular formula is C18H17N3O2. The lowest BCUT2D eigenvalue weighted by atomic mass is 9.85. The van der Waals surface area contributed by atoms with Crippen LogP contribution in [-0.4, -0.2) is 20.6 Å². The number of aromatic nitrogens is 2. The zero-order chi connectivity index (χ0) is 16.4. The summed E-state index contributed by atoms with van der Waals surface area (Å²) in [5, 5.41) is 11.0. The van der Waals surface area contributed by atoms with Gasteiger partial charge in [-0.25, -0.2) is 4.98 Å². The number of imidazole rings is 1. The molecule has 0 radical (unpaired) electrons. The van der Waals surface area contributed by atoms with Crippen LogP contribution in [-0.2, 0) is 10.4 Å². The van der Waals surface area contributed by atoms with Gasteiger partial charge in [0.1, 0.15) is 5.82 Å². The van der Waals surface area contributed by atoms with Crippen molar-refractivity contribution in [1.29, 1.82) is 0 Å². The quantitative estimate of drug-likeness (QED) is 0.772. The Morgan fingerprint density at radius 1 is 1.13 bits per heavy atom. The van der Waals surface area contributed by atoms with Crippen LogP contribution >= 0.6 is 0 Å². The lowest BCUT2D eigenvalue weighted by molar-refractivity contribution is -0.133. The van der Waals surface area contributed by atoms with Gasteiger partial charge in [0.15, 0.2) is 5.60 Å². The van der Waals surface area contributed by atoms with Crippen LogP contribution in [0.15, 0.2) is 67.0 Å². The number of amides is 1. The topological polar surface area (TPSA) is 81.1 Å². The SMILES string of the molecule is Cc1nccn1-c1cccc(C(O)(C(N)=O)c2ccccc2)c1. The van der Waals surface area contributed by atoms with E-state index in [9.17, 15) is 9.90 Å². The summed E-state index contributed by atoms with van der Waals surface area (Å²) in [6, 6.07) is 15.8. The predicted molar refractivity (Wildman–Crippen MR) is 86.9 cm³/mol. The van der Waals surface area contributed by atoms with Gasteiger partial charge in [0.05, 0.1) is 0 Å². The summed E-state index contributed by atoms with van der Waals surface area (Å²) in [7, 11) is 0. The number of rotatable bonds is 4. The number of carbonyl (C=O) groups excluding carboxylic acids is 1. The molecule has 0 fully saturated rings. The van der Waals surface area contributed by atoms with E-state index in [4.69, 9.17) is 5.73 Å². The van der Waals surface area contributed by atoms with Crippen molar-refractivity contribution in [2.45, 2.75) is 12.5 Å². The zero-order valence-electron chi connectivity index (χ0n) is 12.7. The van der Waals surface area contributed by atoms with Crippen molar-refractivity contribution in [2.24, 2.45) is 5.73 Å². The highest BCUT2D eigenvalue weighted by Gasteiger charge is 2.38. The average molecular weight is 307 g/mol. The molecule has 0 aliphatic heterocycles. The van der Waals surface area contributed by atoms with Crippen LogP contribution in [0.5, 0.6) is 0 Å². The Labute approximate surface area is 134 Å². The smallest absolute Gasteiger partial charge is 0.258 e. The van der Waals surface area contributed by atoms with Crippen molar-refractivity contribution in [3.63, 3.8) is 0 Å². The minimum absolute atomic E-state index is 0.418. The number of nitrogens with zero attached hydrogens (tertiary/aromatic N) is 2. The molecular weight excluding hydrogens is 290 g/mol. The third-order valence-electron chi connectivity index (χ3n) is 3.92. The van der Waals surface area contributed by atoms with Crippen molar-refractivity contribution in [3.8, 4) is 5.69 Å². The van der Waals surface area contributed by atoms with Gasteiger partial charge in [0, 0.05) is 18.1 Å². The molecule has 3 N–H and O–H groups in total. The highest BCUT2D eigenvalue weighted by atomic mass is 16.3. The Morgan fingerprint density at radius 3 is 2.43 bits per heavy atom. The minimum atomic E-state index is -1.88. The molecule has 0 aliphatic rings. The van der Waals surface area contributed by atoms with Gasteiger partial charge in [-0.2, -0.15) is 0 Å². The molecule has 0 aliphatic carbocycles. The molecule has 0 spiro atoms. The van der Waals surface area contributed by atoms with E-state index >= 15 is 0 Å². The first-order valence-corrected chi connectivity index (χ1v) is 7.22. The lowest BCUT2D eigenvalue weighted by Gasteiger charge is -2.26. The summed E-state index contributed by atoms with van der Waals surface area (Å²) >= 11 is 0. The Bertz CT molecular complexity index is 842. The summed E-state index contributed by atoms with van der Waals surface area (Å²) < 4.78 is 1.87. The standard InChI is InChI=1S/C18H17N3O2/c1-13-20-10-11-21(13)16-9-5-8-15(12-16)18(23,17(19)22)14-6-3-2-4-7-14/h2-12,23H,1H3,(H2,19,22). The van der Waals surface area contributed by atoms with Crippen LogP contribution in [0.1, 0.15) is 17.0 Å². The van der Waals surface area contributed by atoms with Crippen LogP contribution in [0.25, 0.3) is 5.69 Å². The first kappa shape index (κ1) is 15.0. The van der Waals surface area contributed by atoms with Gasteiger partial charge >= 0.3 is 0 Å². The van der Waals surface area contributed by atoms with Crippen LogP contribution in [0.4, 0.5) is 0 Å². The van der Waals surface area contributed by atoms with Crippen LogP contribution in [0.2, 0.25) is 0 Å². The zero-order valence-corrected chi connectivity index (χ0v) is 12.7. The Hall–Kier alpha value is -2.92. The predicted octanol–water partition coefficient (Wildman–Crippen LogP) is 1.90. The molecule has 1 unspecified atom stereocenters. The number of hydrogen-bond donors (Lipinski definition) is 2. The summed E-state index contributed by atoms with van der Waals surface area (Å²) in [5.74, 6) is -0.00678. The fraction of sp³-hybridized carbons (Fsp3) is 0.111. The summed E-state index contributed by atoms with van der Waals surface area (Å²) in [5.41, 5.74) is 5.30. The number of primary amides is 1. The highest BCUT2D eigenvalue weighted by Crippen LogP contribution is 2.30. The highest BCUT2D eigenvalue weighted by molar-refractivity contribution is 5.88. The van der Waals surface area contributed by atoms with E-state index in [1.54, 1.807) is 48.7 Å². The number of carbonyl (C=O) groups is 1. The molecule has 5 heteroatoms. The van der Waals surface area contributed by atoms with Crippen molar-refractivity contribution >= 4 is 5.91 Å². The second-order valence-corrected chi connectivity index (χ2v) is 5.34. The number of aliphatic hydroxyl groups is 1. The maximum Gasteiger partial charge on any atom is 0.258 e. The Morgan fingerprint density at radius 2 is 1.83 bits per heavy atom.